The highest BCUT2D eigenvalue weighted by Gasteiger charge is 2.28. The lowest BCUT2D eigenvalue weighted by Crippen LogP contribution is -2.48. The summed E-state index contributed by atoms with van der Waals surface area (Å²) in [5.41, 5.74) is 1.21. The average molecular weight is 318 g/mol. The number of urea groups is 1. The average Bonchev–Trinajstić information content (AvgIpc) is 2.55. The predicted molar refractivity (Wildman–Crippen MR) is 89.4 cm³/mol. The Hall–Kier alpha value is -2.04. The van der Waals surface area contributed by atoms with Crippen LogP contribution in [0.3, 0.4) is 0 Å². The molecular weight excluding hydrogens is 292 g/mol. The molecule has 0 spiro atoms. The van der Waals surface area contributed by atoms with Crippen molar-refractivity contribution in [2.24, 2.45) is 11.8 Å². The minimum atomic E-state index is -0.813. The molecule has 2 unspecified atom stereocenters. The zero-order valence-electron chi connectivity index (χ0n) is 13.9. The topological polar surface area (TPSA) is 69.6 Å². The standard InChI is InChI=1S/C18H26N2O3/c1-13(2)16(14-7-4-3-5-8-14)11-19-18(23)20-10-6-9-15(12-20)17(21)22/h3-5,7-8,13,15-16H,6,9-12H2,1-2H3,(H,19,23)(H,21,22). The van der Waals surface area contributed by atoms with Crippen LogP contribution in [-0.2, 0) is 4.79 Å². The molecule has 0 saturated carbocycles. The molecule has 5 nitrogen and oxygen atoms in total. The maximum Gasteiger partial charge on any atom is 0.317 e. The fourth-order valence-corrected chi connectivity index (χ4v) is 3.11. The van der Waals surface area contributed by atoms with E-state index in [1.165, 1.54) is 5.56 Å². The van der Waals surface area contributed by atoms with Crippen LogP contribution < -0.4 is 5.32 Å². The molecule has 1 heterocycles. The van der Waals surface area contributed by atoms with Gasteiger partial charge in [-0.3, -0.25) is 4.79 Å². The van der Waals surface area contributed by atoms with Gasteiger partial charge in [0.15, 0.2) is 0 Å². The van der Waals surface area contributed by atoms with E-state index >= 15 is 0 Å². The van der Waals surface area contributed by atoms with Crippen molar-refractivity contribution in [3.8, 4) is 0 Å². The van der Waals surface area contributed by atoms with E-state index in [0.29, 0.717) is 32.0 Å². The number of benzene rings is 1. The minimum Gasteiger partial charge on any atom is -0.481 e. The van der Waals surface area contributed by atoms with Gasteiger partial charge >= 0.3 is 12.0 Å². The van der Waals surface area contributed by atoms with E-state index in [9.17, 15) is 9.59 Å². The number of likely N-dealkylation sites (tertiary alicyclic amines) is 1. The summed E-state index contributed by atoms with van der Waals surface area (Å²) < 4.78 is 0. The van der Waals surface area contributed by atoms with E-state index in [1.807, 2.05) is 18.2 Å². The predicted octanol–water partition coefficient (Wildman–Crippen LogP) is 2.93. The Morgan fingerprint density at radius 3 is 2.61 bits per heavy atom. The molecule has 23 heavy (non-hydrogen) atoms. The summed E-state index contributed by atoms with van der Waals surface area (Å²) in [4.78, 5) is 25.1. The first-order chi connectivity index (χ1) is 11.0. The second-order valence-electron chi connectivity index (χ2n) is 6.57. The van der Waals surface area contributed by atoms with Crippen LogP contribution in [-0.4, -0.2) is 41.6 Å². The van der Waals surface area contributed by atoms with E-state index in [2.05, 4.69) is 31.3 Å². The molecule has 1 saturated heterocycles. The molecule has 1 fully saturated rings. The molecule has 1 aromatic carbocycles. The van der Waals surface area contributed by atoms with Gasteiger partial charge in [0.25, 0.3) is 0 Å². The normalized spacial score (nSPS) is 19.4. The highest BCUT2D eigenvalue weighted by Crippen LogP contribution is 2.23. The maximum atomic E-state index is 12.3. The second-order valence-corrected chi connectivity index (χ2v) is 6.57. The van der Waals surface area contributed by atoms with Crippen molar-refractivity contribution in [1.82, 2.24) is 10.2 Å². The molecule has 126 valence electrons. The van der Waals surface area contributed by atoms with Gasteiger partial charge in [-0.1, -0.05) is 44.2 Å². The Labute approximate surface area is 137 Å². The van der Waals surface area contributed by atoms with Crippen LogP contribution in [0, 0.1) is 11.8 Å². The van der Waals surface area contributed by atoms with Crippen molar-refractivity contribution in [3.63, 3.8) is 0 Å². The SMILES string of the molecule is CC(C)C(CNC(=O)N1CCCC(C(=O)O)C1)c1ccccc1. The zero-order chi connectivity index (χ0) is 16.8. The second kappa shape index (κ2) is 7.99. The van der Waals surface area contributed by atoms with E-state index < -0.39 is 11.9 Å². The Kier molecular flexibility index (Phi) is 6.02. The van der Waals surface area contributed by atoms with Crippen LogP contribution in [0.25, 0.3) is 0 Å². The molecule has 0 bridgehead atoms. The molecule has 0 radical (unpaired) electrons. The monoisotopic (exact) mass is 318 g/mol. The summed E-state index contributed by atoms with van der Waals surface area (Å²) in [7, 11) is 0. The molecule has 2 atom stereocenters. The van der Waals surface area contributed by atoms with Gasteiger partial charge in [-0.15, -0.1) is 0 Å². The molecular formula is C18H26N2O3. The first kappa shape index (κ1) is 17.3. The first-order valence-electron chi connectivity index (χ1n) is 8.29. The third-order valence-electron chi connectivity index (χ3n) is 4.56. The van der Waals surface area contributed by atoms with Crippen molar-refractivity contribution in [2.45, 2.75) is 32.6 Å². The molecule has 2 amide bonds. The van der Waals surface area contributed by atoms with Crippen molar-refractivity contribution < 1.29 is 14.7 Å². The molecule has 0 aromatic heterocycles. The van der Waals surface area contributed by atoms with Gasteiger partial charge in [0.05, 0.1) is 5.92 Å². The number of carboxylic acids is 1. The van der Waals surface area contributed by atoms with Gasteiger partial charge in [0, 0.05) is 25.6 Å². The number of amides is 2. The van der Waals surface area contributed by atoms with Crippen molar-refractivity contribution in [1.29, 1.82) is 0 Å². The van der Waals surface area contributed by atoms with Gasteiger partial charge in [-0.05, 0) is 24.3 Å². The highest BCUT2D eigenvalue weighted by atomic mass is 16.4. The maximum absolute atomic E-state index is 12.3. The van der Waals surface area contributed by atoms with E-state index in [1.54, 1.807) is 4.90 Å². The van der Waals surface area contributed by atoms with Gasteiger partial charge in [-0.25, -0.2) is 4.79 Å². The van der Waals surface area contributed by atoms with Crippen LogP contribution in [0.1, 0.15) is 38.2 Å². The number of carbonyl (C=O) groups is 2. The Morgan fingerprint density at radius 1 is 1.30 bits per heavy atom. The quantitative estimate of drug-likeness (QED) is 0.877. The molecule has 0 aliphatic carbocycles. The Balaban J connectivity index is 1.93. The molecule has 1 aromatic rings. The largest absolute Gasteiger partial charge is 0.481 e. The van der Waals surface area contributed by atoms with Crippen LogP contribution in [0.4, 0.5) is 4.79 Å². The number of hydrogen-bond donors (Lipinski definition) is 2. The smallest absolute Gasteiger partial charge is 0.317 e. The van der Waals surface area contributed by atoms with Crippen LogP contribution in [0.2, 0.25) is 0 Å². The summed E-state index contributed by atoms with van der Waals surface area (Å²) in [6.45, 7) is 5.79. The fraction of sp³-hybridized carbons (Fsp3) is 0.556. The van der Waals surface area contributed by atoms with Crippen LogP contribution in [0.15, 0.2) is 30.3 Å². The zero-order valence-corrected chi connectivity index (χ0v) is 13.9. The van der Waals surface area contributed by atoms with Gasteiger partial charge in [0.1, 0.15) is 0 Å². The lowest BCUT2D eigenvalue weighted by Gasteiger charge is -2.31. The lowest BCUT2D eigenvalue weighted by molar-refractivity contribution is -0.143. The van der Waals surface area contributed by atoms with Crippen molar-refractivity contribution >= 4 is 12.0 Å². The summed E-state index contributed by atoms with van der Waals surface area (Å²) in [5, 5.41) is 12.1. The Bertz CT molecular complexity index is 530. The lowest BCUT2D eigenvalue weighted by atomic mass is 9.88. The van der Waals surface area contributed by atoms with Gasteiger partial charge in [-0.2, -0.15) is 0 Å². The number of hydrogen-bond acceptors (Lipinski definition) is 2. The van der Waals surface area contributed by atoms with E-state index in [-0.39, 0.29) is 11.9 Å². The Morgan fingerprint density at radius 2 is 2.00 bits per heavy atom. The van der Waals surface area contributed by atoms with Crippen LogP contribution >= 0.6 is 0 Å². The van der Waals surface area contributed by atoms with Crippen LogP contribution in [0.5, 0.6) is 0 Å². The summed E-state index contributed by atoms with van der Waals surface area (Å²) >= 11 is 0. The van der Waals surface area contributed by atoms with Crippen molar-refractivity contribution in [2.75, 3.05) is 19.6 Å². The number of rotatable bonds is 5. The number of piperidine rings is 1. The minimum absolute atomic E-state index is 0.155. The van der Waals surface area contributed by atoms with Gasteiger partial charge < -0.3 is 15.3 Å². The molecule has 2 N–H and O–H groups in total. The third-order valence-corrected chi connectivity index (χ3v) is 4.56. The summed E-state index contributed by atoms with van der Waals surface area (Å²) in [6, 6.07) is 10.0. The number of carbonyl (C=O) groups excluding carboxylic acids is 1. The number of aliphatic carboxylic acids is 1. The molecule has 1 aliphatic rings. The number of nitrogens with one attached hydrogen (secondary N) is 1. The highest BCUT2D eigenvalue weighted by molar-refractivity contribution is 5.76. The van der Waals surface area contributed by atoms with E-state index in [4.69, 9.17) is 5.11 Å². The number of carboxylic acid groups (broad SMARTS) is 1. The van der Waals surface area contributed by atoms with Crippen molar-refractivity contribution in [3.05, 3.63) is 35.9 Å². The summed E-state index contributed by atoms with van der Waals surface area (Å²) in [6.07, 6.45) is 1.40. The molecule has 2 rings (SSSR count). The van der Waals surface area contributed by atoms with E-state index in [0.717, 1.165) is 6.42 Å². The number of nitrogens with zero attached hydrogens (tertiary/aromatic N) is 1. The molecule has 5 heteroatoms. The first-order valence-corrected chi connectivity index (χ1v) is 8.29. The third kappa shape index (κ3) is 4.71. The molecule has 1 aliphatic heterocycles. The fourth-order valence-electron chi connectivity index (χ4n) is 3.11. The summed E-state index contributed by atoms with van der Waals surface area (Å²) in [5.74, 6) is -0.595. The van der Waals surface area contributed by atoms with Gasteiger partial charge in [0.2, 0.25) is 0 Å².